The van der Waals surface area contributed by atoms with Gasteiger partial charge in [0.1, 0.15) is 11.5 Å². The fourth-order valence-electron chi connectivity index (χ4n) is 2.35. The zero-order chi connectivity index (χ0) is 19.9. The summed E-state index contributed by atoms with van der Waals surface area (Å²) in [6, 6.07) is 4.82. The second kappa shape index (κ2) is 6.57. The Balaban J connectivity index is 2.83. The number of aliphatic hydroxyl groups is 2. The number of nitrogens with two attached hydrogens (primary N) is 1. The first-order valence-corrected chi connectivity index (χ1v) is 7.50. The van der Waals surface area contributed by atoms with Gasteiger partial charge in [0.05, 0.1) is 11.3 Å². The summed E-state index contributed by atoms with van der Waals surface area (Å²) in [5, 5.41) is 20.2. The van der Waals surface area contributed by atoms with E-state index in [1.165, 1.54) is 13.8 Å². The van der Waals surface area contributed by atoms with Crippen LogP contribution in [0, 0.1) is 11.6 Å². The number of benzene rings is 1. The molecule has 4 nitrogen and oxygen atoms in total. The Bertz CT molecular complexity index is 801. The number of nitrogens with zero attached hydrogens (tertiary/aromatic N) is 1. The highest BCUT2D eigenvalue weighted by molar-refractivity contribution is 5.62. The molecule has 0 aliphatic carbocycles. The minimum Gasteiger partial charge on any atom is -0.386 e. The van der Waals surface area contributed by atoms with Crippen molar-refractivity contribution in [2.75, 3.05) is 6.54 Å². The Labute approximate surface area is 146 Å². The van der Waals surface area contributed by atoms with Crippen molar-refractivity contribution in [3.8, 4) is 11.3 Å². The second-order valence-corrected chi connectivity index (χ2v) is 6.35. The molecule has 0 spiro atoms. The maximum absolute atomic E-state index is 14.8. The van der Waals surface area contributed by atoms with E-state index in [0.29, 0.717) is 6.07 Å². The van der Waals surface area contributed by atoms with Crippen molar-refractivity contribution in [3.63, 3.8) is 0 Å². The van der Waals surface area contributed by atoms with Crippen LogP contribution in [0.15, 0.2) is 30.3 Å². The van der Waals surface area contributed by atoms with E-state index >= 15 is 0 Å². The highest BCUT2D eigenvalue weighted by Gasteiger charge is 2.55. The van der Waals surface area contributed by atoms with Crippen LogP contribution in [0.3, 0.4) is 0 Å². The molecule has 0 amide bonds. The van der Waals surface area contributed by atoms with Crippen LogP contribution < -0.4 is 5.73 Å². The summed E-state index contributed by atoms with van der Waals surface area (Å²) in [5.74, 6) is -1.73. The number of alkyl halides is 3. The summed E-state index contributed by atoms with van der Waals surface area (Å²) in [7, 11) is 0. The average Bonchev–Trinajstić information content (AvgIpc) is 2.53. The van der Waals surface area contributed by atoms with Crippen molar-refractivity contribution >= 4 is 0 Å². The van der Waals surface area contributed by atoms with E-state index in [9.17, 15) is 32.2 Å². The summed E-state index contributed by atoms with van der Waals surface area (Å²) >= 11 is 0. The van der Waals surface area contributed by atoms with Gasteiger partial charge in [0.2, 0.25) is 5.60 Å². The molecule has 0 saturated carbocycles. The van der Waals surface area contributed by atoms with Crippen molar-refractivity contribution in [2.45, 2.75) is 31.2 Å². The van der Waals surface area contributed by atoms with Crippen molar-refractivity contribution in [1.82, 2.24) is 4.98 Å². The van der Waals surface area contributed by atoms with E-state index in [0.717, 1.165) is 24.3 Å². The first-order valence-electron chi connectivity index (χ1n) is 7.50. The molecule has 2 rings (SSSR count). The Morgan fingerprint density at radius 1 is 1.04 bits per heavy atom. The van der Waals surface area contributed by atoms with Crippen LogP contribution >= 0.6 is 0 Å². The molecule has 0 radical (unpaired) electrons. The first-order chi connectivity index (χ1) is 11.8. The summed E-state index contributed by atoms with van der Waals surface area (Å²) in [4.78, 5) is 3.60. The molecule has 0 fully saturated rings. The first kappa shape index (κ1) is 20.2. The molecule has 0 bridgehead atoms. The lowest BCUT2D eigenvalue weighted by atomic mass is 9.90. The highest BCUT2D eigenvalue weighted by atomic mass is 19.4. The molecule has 0 saturated heterocycles. The molecule has 1 atom stereocenters. The molecule has 9 heteroatoms. The Kier molecular flexibility index (Phi) is 5.10. The summed E-state index contributed by atoms with van der Waals surface area (Å²) in [6.45, 7) is 1.07. The topological polar surface area (TPSA) is 79.4 Å². The minimum atomic E-state index is -5.19. The molecule has 0 aliphatic heterocycles. The lowest BCUT2D eigenvalue weighted by molar-refractivity contribution is -0.263. The smallest absolute Gasteiger partial charge is 0.386 e. The van der Waals surface area contributed by atoms with Gasteiger partial charge in [0.25, 0.3) is 0 Å². The van der Waals surface area contributed by atoms with Crippen LogP contribution in [0.5, 0.6) is 0 Å². The maximum Gasteiger partial charge on any atom is 0.424 e. The Morgan fingerprint density at radius 2 is 1.58 bits per heavy atom. The van der Waals surface area contributed by atoms with Crippen LogP contribution in [0.25, 0.3) is 11.3 Å². The molecule has 0 aliphatic rings. The van der Waals surface area contributed by atoms with Crippen molar-refractivity contribution in [2.24, 2.45) is 5.73 Å². The van der Waals surface area contributed by atoms with Gasteiger partial charge >= 0.3 is 6.18 Å². The van der Waals surface area contributed by atoms with E-state index in [2.05, 4.69) is 4.98 Å². The van der Waals surface area contributed by atoms with Gasteiger partial charge in [0.15, 0.2) is 5.82 Å². The maximum atomic E-state index is 14.8. The van der Waals surface area contributed by atoms with E-state index in [-0.39, 0.29) is 5.56 Å². The fraction of sp³-hybridized carbons (Fsp3) is 0.353. The number of hydrogen-bond donors (Lipinski definition) is 3. The second-order valence-electron chi connectivity index (χ2n) is 6.35. The lowest BCUT2D eigenvalue weighted by Gasteiger charge is -2.30. The molecule has 26 heavy (non-hydrogen) atoms. The molecule has 1 heterocycles. The van der Waals surface area contributed by atoms with Gasteiger partial charge in [-0.3, -0.25) is 0 Å². The number of hydrogen-bond acceptors (Lipinski definition) is 4. The zero-order valence-electron chi connectivity index (χ0n) is 13.9. The highest BCUT2D eigenvalue weighted by Crippen LogP contribution is 2.40. The van der Waals surface area contributed by atoms with Crippen molar-refractivity contribution in [3.05, 3.63) is 53.2 Å². The average molecular weight is 376 g/mol. The molecular formula is C17H17F5N2O2. The third-order valence-corrected chi connectivity index (χ3v) is 3.92. The molecular weight excluding hydrogens is 359 g/mol. The molecule has 1 aromatic heterocycles. The van der Waals surface area contributed by atoms with Crippen molar-refractivity contribution < 1.29 is 32.2 Å². The van der Waals surface area contributed by atoms with Gasteiger partial charge < -0.3 is 15.9 Å². The number of halogens is 5. The van der Waals surface area contributed by atoms with Gasteiger partial charge in [-0.15, -0.1) is 0 Å². The normalized spacial score (nSPS) is 15.0. The van der Waals surface area contributed by atoms with E-state index in [4.69, 9.17) is 5.73 Å². The fourth-order valence-corrected chi connectivity index (χ4v) is 2.35. The van der Waals surface area contributed by atoms with Gasteiger partial charge in [-0.2, -0.15) is 13.2 Å². The van der Waals surface area contributed by atoms with Crippen LogP contribution in [0.2, 0.25) is 0 Å². The standard InChI is InChI=1S/C17H17F5N2O2/c1-15(2,25)11-7-12(16(26,8-23)17(20,21)22)24-14(13(11)19)9-3-5-10(18)6-4-9/h3-7,25-26H,8,23H2,1-2H3. The summed E-state index contributed by atoms with van der Waals surface area (Å²) in [5.41, 5.74) is -2.39. The Hall–Kier alpha value is -2.10. The molecule has 1 aromatic carbocycles. The van der Waals surface area contributed by atoms with Gasteiger partial charge in [0, 0.05) is 17.7 Å². The summed E-state index contributed by atoms with van der Waals surface area (Å²) in [6.07, 6.45) is -5.19. The van der Waals surface area contributed by atoms with Crippen LogP contribution in [0.4, 0.5) is 22.0 Å². The predicted molar refractivity (Wildman–Crippen MR) is 83.8 cm³/mol. The predicted octanol–water partition coefficient (Wildman–Crippen LogP) is 2.96. The SMILES string of the molecule is CC(C)(O)c1cc(C(O)(CN)C(F)(F)F)nc(-c2ccc(F)cc2)c1F. The molecule has 142 valence electrons. The Morgan fingerprint density at radius 3 is 2.00 bits per heavy atom. The third-order valence-electron chi connectivity index (χ3n) is 3.92. The van der Waals surface area contributed by atoms with E-state index < -0.39 is 52.5 Å². The third kappa shape index (κ3) is 3.55. The molecule has 4 N–H and O–H groups in total. The van der Waals surface area contributed by atoms with Crippen LogP contribution in [-0.4, -0.2) is 27.9 Å². The van der Waals surface area contributed by atoms with Crippen LogP contribution in [0.1, 0.15) is 25.1 Å². The lowest BCUT2D eigenvalue weighted by Crippen LogP contribution is -2.49. The number of aromatic nitrogens is 1. The summed E-state index contributed by atoms with van der Waals surface area (Å²) < 4.78 is 67.9. The van der Waals surface area contributed by atoms with Gasteiger partial charge in [-0.1, -0.05) is 0 Å². The quantitative estimate of drug-likeness (QED) is 0.717. The van der Waals surface area contributed by atoms with E-state index in [1.807, 2.05) is 0 Å². The monoisotopic (exact) mass is 376 g/mol. The minimum absolute atomic E-state index is 0.0298. The van der Waals surface area contributed by atoms with E-state index in [1.54, 1.807) is 0 Å². The van der Waals surface area contributed by atoms with Gasteiger partial charge in [-0.05, 0) is 44.2 Å². The van der Waals surface area contributed by atoms with Crippen LogP contribution in [-0.2, 0) is 11.2 Å². The number of rotatable bonds is 4. The molecule has 1 unspecified atom stereocenters. The van der Waals surface area contributed by atoms with Crippen molar-refractivity contribution in [1.29, 1.82) is 0 Å². The number of pyridine rings is 1. The zero-order valence-corrected chi connectivity index (χ0v) is 13.9. The van der Waals surface area contributed by atoms with Gasteiger partial charge in [-0.25, -0.2) is 13.8 Å². The molecule has 2 aromatic rings. The largest absolute Gasteiger partial charge is 0.424 e.